The van der Waals surface area contributed by atoms with Gasteiger partial charge in [0.15, 0.2) is 5.82 Å². The van der Waals surface area contributed by atoms with Gasteiger partial charge in [0.05, 0.1) is 24.3 Å². The number of pyridine rings is 1. The van der Waals surface area contributed by atoms with Crippen LogP contribution in [0.4, 0.5) is 0 Å². The smallest absolute Gasteiger partial charge is 0.160 e. The Morgan fingerprint density at radius 1 is 1.33 bits per heavy atom. The highest BCUT2D eigenvalue weighted by molar-refractivity contribution is 5.54. The molecule has 1 saturated heterocycles. The summed E-state index contributed by atoms with van der Waals surface area (Å²) in [7, 11) is 0. The van der Waals surface area contributed by atoms with E-state index in [-0.39, 0.29) is 5.41 Å². The Bertz CT molecular complexity index is 719. The Morgan fingerprint density at radius 3 is 3.04 bits per heavy atom. The molecule has 0 bridgehead atoms. The van der Waals surface area contributed by atoms with Gasteiger partial charge in [0, 0.05) is 42.8 Å². The number of ether oxygens (including phenoxy) is 1. The molecule has 4 rings (SSSR count). The number of hydrogen-bond donors (Lipinski definition) is 0. The maximum atomic E-state index is 5.91. The van der Waals surface area contributed by atoms with Crippen LogP contribution >= 0.6 is 0 Å². The second-order valence-electron chi connectivity index (χ2n) is 7.46. The lowest BCUT2D eigenvalue weighted by atomic mass is 9.80. The highest BCUT2D eigenvalue weighted by atomic mass is 16.5. The zero-order valence-corrected chi connectivity index (χ0v) is 14.4. The van der Waals surface area contributed by atoms with Gasteiger partial charge in [0.2, 0.25) is 0 Å². The van der Waals surface area contributed by atoms with E-state index in [0.29, 0.717) is 12.5 Å². The van der Waals surface area contributed by atoms with Crippen molar-refractivity contribution < 1.29 is 4.74 Å². The lowest BCUT2D eigenvalue weighted by molar-refractivity contribution is 0.0501. The molecule has 2 aliphatic rings. The average Bonchev–Trinajstić information content (AvgIpc) is 2.98. The van der Waals surface area contributed by atoms with Gasteiger partial charge in [-0.05, 0) is 31.0 Å². The van der Waals surface area contributed by atoms with Gasteiger partial charge in [0.1, 0.15) is 0 Å². The van der Waals surface area contributed by atoms with E-state index in [4.69, 9.17) is 9.72 Å². The zero-order chi connectivity index (χ0) is 16.6. The summed E-state index contributed by atoms with van der Waals surface area (Å²) in [5, 5.41) is 0. The first-order valence-electron chi connectivity index (χ1n) is 8.73. The van der Waals surface area contributed by atoms with Crippen LogP contribution in [-0.2, 0) is 16.8 Å². The van der Waals surface area contributed by atoms with Gasteiger partial charge in [-0.25, -0.2) is 9.97 Å². The standard InChI is InChI=1S/C19H24N4O/c1-14(2)10-23-7-5-19(12-23)13-24-11-16-9-21-18(22-17(16)19)15-4-3-6-20-8-15/h3-4,6,8-9,14H,5,7,10-13H2,1-2H3/t19-/m1/s1. The molecular weight excluding hydrogens is 300 g/mol. The minimum absolute atomic E-state index is 0.0162. The van der Waals surface area contributed by atoms with Crippen molar-refractivity contribution in [1.29, 1.82) is 0 Å². The number of nitrogens with zero attached hydrogens (tertiary/aromatic N) is 4. The molecule has 0 aromatic carbocycles. The van der Waals surface area contributed by atoms with Crippen molar-refractivity contribution in [2.45, 2.75) is 32.3 Å². The van der Waals surface area contributed by atoms with E-state index < -0.39 is 0 Å². The van der Waals surface area contributed by atoms with E-state index in [1.54, 1.807) is 6.20 Å². The minimum Gasteiger partial charge on any atom is -0.376 e. The van der Waals surface area contributed by atoms with E-state index in [1.165, 1.54) is 5.69 Å². The van der Waals surface area contributed by atoms with Crippen LogP contribution in [0, 0.1) is 5.92 Å². The van der Waals surface area contributed by atoms with Gasteiger partial charge in [-0.2, -0.15) is 0 Å². The van der Waals surface area contributed by atoms with Crippen molar-refractivity contribution in [1.82, 2.24) is 19.9 Å². The quantitative estimate of drug-likeness (QED) is 0.869. The largest absolute Gasteiger partial charge is 0.376 e. The van der Waals surface area contributed by atoms with Gasteiger partial charge in [-0.15, -0.1) is 0 Å². The Morgan fingerprint density at radius 2 is 2.25 bits per heavy atom. The van der Waals surface area contributed by atoms with Crippen molar-refractivity contribution in [3.8, 4) is 11.4 Å². The summed E-state index contributed by atoms with van der Waals surface area (Å²) in [4.78, 5) is 16.3. The maximum absolute atomic E-state index is 5.91. The molecular formula is C19H24N4O. The molecule has 1 spiro atoms. The van der Waals surface area contributed by atoms with E-state index >= 15 is 0 Å². The minimum atomic E-state index is 0.0162. The number of hydrogen-bond acceptors (Lipinski definition) is 5. The Balaban J connectivity index is 1.69. The highest BCUT2D eigenvalue weighted by Crippen LogP contribution is 2.39. The number of rotatable bonds is 3. The normalized spacial score (nSPS) is 23.8. The third-order valence-electron chi connectivity index (χ3n) is 4.98. The summed E-state index contributed by atoms with van der Waals surface area (Å²) in [5.41, 5.74) is 3.32. The van der Waals surface area contributed by atoms with E-state index in [0.717, 1.165) is 49.6 Å². The average molecular weight is 324 g/mol. The summed E-state index contributed by atoms with van der Waals surface area (Å²) < 4.78 is 5.91. The first kappa shape index (κ1) is 15.7. The van der Waals surface area contributed by atoms with Gasteiger partial charge in [-0.3, -0.25) is 4.98 Å². The summed E-state index contributed by atoms with van der Waals surface area (Å²) in [6, 6.07) is 3.94. The van der Waals surface area contributed by atoms with Crippen LogP contribution in [0.2, 0.25) is 0 Å². The van der Waals surface area contributed by atoms with Crippen LogP contribution in [-0.4, -0.2) is 46.1 Å². The van der Waals surface area contributed by atoms with E-state index in [2.05, 4.69) is 28.7 Å². The lowest BCUT2D eigenvalue weighted by Gasteiger charge is -2.34. The zero-order valence-electron chi connectivity index (χ0n) is 14.4. The second-order valence-corrected chi connectivity index (χ2v) is 7.46. The molecule has 0 aliphatic carbocycles. The lowest BCUT2D eigenvalue weighted by Crippen LogP contribution is -2.41. The van der Waals surface area contributed by atoms with Crippen LogP contribution in [0.5, 0.6) is 0 Å². The molecule has 0 saturated carbocycles. The predicted octanol–water partition coefficient (Wildman–Crippen LogP) is 2.67. The highest BCUT2D eigenvalue weighted by Gasteiger charge is 2.44. The Hall–Kier alpha value is -1.85. The topological polar surface area (TPSA) is 51.1 Å². The number of fused-ring (bicyclic) bond motifs is 2. The Labute approximate surface area is 143 Å². The summed E-state index contributed by atoms with van der Waals surface area (Å²) in [6.45, 7) is 9.22. The maximum Gasteiger partial charge on any atom is 0.160 e. The molecule has 0 unspecified atom stereocenters. The first-order valence-corrected chi connectivity index (χ1v) is 8.73. The third-order valence-corrected chi connectivity index (χ3v) is 4.98. The molecule has 5 heteroatoms. The third kappa shape index (κ3) is 2.82. The molecule has 0 radical (unpaired) electrons. The van der Waals surface area contributed by atoms with Crippen molar-refractivity contribution in [2.24, 2.45) is 5.92 Å². The van der Waals surface area contributed by atoms with Crippen LogP contribution in [0.1, 0.15) is 31.5 Å². The Kier molecular flexibility index (Phi) is 4.06. The summed E-state index contributed by atoms with van der Waals surface area (Å²) in [6.07, 6.45) is 6.65. The van der Waals surface area contributed by atoms with Gasteiger partial charge in [-0.1, -0.05) is 13.8 Å². The van der Waals surface area contributed by atoms with Crippen LogP contribution in [0.25, 0.3) is 11.4 Å². The van der Waals surface area contributed by atoms with Gasteiger partial charge < -0.3 is 9.64 Å². The predicted molar refractivity (Wildman–Crippen MR) is 92.5 cm³/mol. The van der Waals surface area contributed by atoms with Crippen molar-refractivity contribution in [3.63, 3.8) is 0 Å². The second kappa shape index (κ2) is 6.22. The van der Waals surface area contributed by atoms with Crippen molar-refractivity contribution in [2.75, 3.05) is 26.2 Å². The monoisotopic (exact) mass is 324 g/mol. The van der Waals surface area contributed by atoms with Gasteiger partial charge in [0.25, 0.3) is 0 Å². The molecule has 24 heavy (non-hydrogen) atoms. The molecule has 1 atom stereocenters. The molecule has 0 amide bonds. The molecule has 126 valence electrons. The summed E-state index contributed by atoms with van der Waals surface area (Å²) >= 11 is 0. The fraction of sp³-hybridized carbons (Fsp3) is 0.526. The van der Waals surface area contributed by atoms with Crippen molar-refractivity contribution >= 4 is 0 Å². The number of likely N-dealkylation sites (tertiary alicyclic amines) is 1. The SMILES string of the molecule is CC(C)CN1CC[C@]2(COCc3cnc(-c4cccnc4)nc32)C1. The van der Waals surface area contributed by atoms with Crippen LogP contribution in [0.15, 0.2) is 30.7 Å². The van der Waals surface area contributed by atoms with Crippen LogP contribution < -0.4 is 0 Å². The molecule has 5 nitrogen and oxygen atoms in total. The van der Waals surface area contributed by atoms with Gasteiger partial charge >= 0.3 is 0 Å². The summed E-state index contributed by atoms with van der Waals surface area (Å²) in [5.74, 6) is 1.45. The number of aromatic nitrogens is 3. The fourth-order valence-corrected chi connectivity index (χ4v) is 3.97. The molecule has 2 aromatic heterocycles. The molecule has 4 heterocycles. The van der Waals surface area contributed by atoms with Crippen LogP contribution in [0.3, 0.4) is 0 Å². The molecule has 2 aromatic rings. The molecule has 0 N–H and O–H groups in total. The first-order chi connectivity index (χ1) is 11.7. The fourth-order valence-electron chi connectivity index (χ4n) is 3.97. The van der Waals surface area contributed by atoms with Crippen molar-refractivity contribution in [3.05, 3.63) is 42.0 Å². The van der Waals surface area contributed by atoms with E-state index in [1.807, 2.05) is 24.5 Å². The molecule has 1 fully saturated rings. The van der Waals surface area contributed by atoms with E-state index in [9.17, 15) is 0 Å². The molecule has 2 aliphatic heterocycles.